The maximum absolute atomic E-state index is 5.43. The number of rotatable bonds is 10. The first-order valence-electron chi connectivity index (χ1n) is 32.4. The normalized spacial score (nSPS) is 12.4. The third-order valence-corrected chi connectivity index (χ3v) is 20.4. The Morgan fingerprint density at radius 1 is 0.274 bits per heavy atom. The zero-order valence-electron chi connectivity index (χ0n) is 51.4. The summed E-state index contributed by atoms with van der Waals surface area (Å²) in [5.41, 5.74) is 25.2. The SMILES string of the molecule is c1ccc(-c2nc(-c3ccccc3)nc(-c3ccc4c(c3)N(c3c(-c5ccccc5)cccc3-c3ccccc3)c3cc5c(sc6ccccc65)c5c3B4c3ccc(-n4c6ccccc6c6ccccc64)cc3N5c3c(-c4ccccc4)cccc3-c3ccccc3)n2)cc1. The molecule has 0 unspecified atom stereocenters. The molecule has 0 N–H and O–H groups in total. The molecule has 0 atom stereocenters. The molecule has 19 rings (SSSR count). The minimum absolute atomic E-state index is 0.278. The Labute approximate surface area is 554 Å². The molecule has 0 fully saturated rings. The van der Waals surface area contributed by atoms with Crippen molar-refractivity contribution in [3.8, 4) is 84.4 Å². The van der Waals surface area contributed by atoms with Gasteiger partial charge in [-0.3, -0.25) is 0 Å². The van der Waals surface area contributed by atoms with E-state index in [0.717, 1.165) is 118 Å². The fourth-order valence-electron chi connectivity index (χ4n) is 15.1. The van der Waals surface area contributed by atoms with E-state index in [2.05, 4.69) is 312 Å². The number of thiophene rings is 1. The Kier molecular flexibility index (Phi) is 12.8. The quantitative estimate of drug-likeness (QED) is 0.128. The van der Waals surface area contributed by atoms with Crippen molar-refractivity contribution in [3.63, 3.8) is 0 Å². The molecule has 0 spiro atoms. The van der Waals surface area contributed by atoms with Crippen molar-refractivity contribution in [2.75, 3.05) is 9.80 Å². The van der Waals surface area contributed by atoms with Gasteiger partial charge in [-0.05, 0) is 81.1 Å². The molecule has 14 aromatic carbocycles. The Morgan fingerprint density at radius 2 is 0.674 bits per heavy atom. The number of hydrogen-bond donors (Lipinski definition) is 0. The van der Waals surface area contributed by atoms with Crippen LogP contribution < -0.4 is 26.2 Å². The van der Waals surface area contributed by atoms with Crippen LogP contribution in [0.2, 0.25) is 0 Å². The summed E-state index contributed by atoms with van der Waals surface area (Å²) in [6.07, 6.45) is 0. The van der Waals surface area contributed by atoms with E-state index in [1.54, 1.807) is 0 Å². The molecule has 0 radical (unpaired) electrons. The maximum atomic E-state index is 5.43. The fraction of sp³-hybridized carbons (Fsp3) is 0. The molecule has 6 nitrogen and oxygen atoms in total. The number of nitrogens with zero attached hydrogens (tertiary/aromatic N) is 6. The lowest BCUT2D eigenvalue weighted by Crippen LogP contribution is -2.61. The van der Waals surface area contributed by atoms with Crippen molar-refractivity contribution in [1.29, 1.82) is 0 Å². The van der Waals surface area contributed by atoms with E-state index in [0.29, 0.717) is 17.5 Å². The van der Waals surface area contributed by atoms with E-state index in [-0.39, 0.29) is 6.71 Å². The summed E-state index contributed by atoms with van der Waals surface area (Å²) in [7, 11) is 0. The molecular weight excluding hydrogens is 1170 g/mol. The highest BCUT2D eigenvalue weighted by atomic mass is 32.1. The Bertz CT molecular complexity index is 5630. The van der Waals surface area contributed by atoms with Crippen LogP contribution in [0.4, 0.5) is 34.1 Å². The van der Waals surface area contributed by atoms with Gasteiger partial charge in [-0.15, -0.1) is 11.3 Å². The summed E-state index contributed by atoms with van der Waals surface area (Å²) in [6.45, 7) is -0.278. The summed E-state index contributed by atoms with van der Waals surface area (Å²) < 4.78 is 4.92. The van der Waals surface area contributed by atoms with Crippen LogP contribution in [0.5, 0.6) is 0 Å². The predicted molar refractivity (Wildman–Crippen MR) is 399 cm³/mol. The number of para-hydroxylation sites is 4. The Morgan fingerprint density at radius 3 is 1.17 bits per heavy atom. The minimum Gasteiger partial charge on any atom is -0.310 e. The van der Waals surface area contributed by atoms with Gasteiger partial charge < -0.3 is 14.4 Å². The highest BCUT2D eigenvalue weighted by Crippen LogP contribution is 2.56. The molecule has 8 heteroatoms. The van der Waals surface area contributed by atoms with E-state index in [9.17, 15) is 0 Å². The fourth-order valence-corrected chi connectivity index (χ4v) is 16.3. The van der Waals surface area contributed by atoms with Crippen LogP contribution in [0.25, 0.3) is 126 Å². The van der Waals surface area contributed by atoms with Crippen LogP contribution in [0.3, 0.4) is 0 Å². The molecule has 5 heterocycles. The Balaban J connectivity index is 0.989. The van der Waals surface area contributed by atoms with Gasteiger partial charge in [0.25, 0.3) is 6.71 Å². The van der Waals surface area contributed by atoms with Crippen LogP contribution in [0.1, 0.15) is 0 Å². The molecule has 0 aliphatic carbocycles. The molecule has 3 aromatic heterocycles. The average Bonchev–Trinajstić information content (AvgIpc) is 1.64. The number of anilines is 6. The third kappa shape index (κ3) is 8.83. The van der Waals surface area contributed by atoms with Gasteiger partial charge in [0.05, 0.1) is 32.8 Å². The highest BCUT2D eigenvalue weighted by Gasteiger charge is 2.47. The first kappa shape index (κ1) is 54.5. The van der Waals surface area contributed by atoms with E-state index in [1.165, 1.54) is 41.9 Å². The van der Waals surface area contributed by atoms with Crippen LogP contribution in [-0.2, 0) is 0 Å². The summed E-state index contributed by atoms with van der Waals surface area (Å²) >= 11 is 1.89. The second-order valence-corrected chi connectivity index (χ2v) is 25.6. The van der Waals surface area contributed by atoms with Crippen molar-refractivity contribution in [3.05, 3.63) is 334 Å². The first-order valence-corrected chi connectivity index (χ1v) is 33.2. The lowest BCUT2D eigenvalue weighted by molar-refractivity contribution is 1.07. The molecule has 442 valence electrons. The van der Waals surface area contributed by atoms with Gasteiger partial charge in [0, 0.05) is 87.9 Å². The summed E-state index contributed by atoms with van der Waals surface area (Å²) in [5.74, 6) is 1.80. The summed E-state index contributed by atoms with van der Waals surface area (Å²) in [6, 6.07) is 122. The molecule has 0 amide bonds. The molecular formula is C87H55BN6S. The first-order chi connectivity index (χ1) is 47.2. The smallest absolute Gasteiger partial charge is 0.252 e. The van der Waals surface area contributed by atoms with E-state index >= 15 is 0 Å². The molecule has 0 saturated heterocycles. The third-order valence-electron chi connectivity index (χ3n) is 19.2. The van der Waals surface area contributed by atoms with Gasteiger partial charge >= 0.3 is 0 Å². The molecule has 2 aliphatic rings. The standard InChI is InChI=1S/C87H55BN6S/c1-7-27-56(28-8-1)64-42-25-43-65(57-29-9-2-10-30-57)81(64)93-76-53-62(87-90-85(60-35-15-5-16-36-60)89-86(91-87)61-37-17-6-18-38-61)49-51-72(76)88-73-52-50-63(92-74-46-22-19-39-68(74)69-40-20-23-47-75(69)92)54-77(73)94(83-80(88)78(93)55-71-70-41-21-24-48-79(70)95-84(71)83)82-66(58-31-11-3-12-32-58)44-26-45-67(82)59-33-13-4-14-34-59/h1-55H. The number of fused-ring (bicyclic) bond motifs is 11. The summed E-state index contributed by atoms with van der Waals surface area (Å²) in [4.78, 5) is 21.4. The lowest BCUT2D eigenvalue weighted by atomic mass is 9.33. The highest BCUT2D eigenvalue weighted by molar-refractivity contribution is 7.26. The van der Waals surface area contributed by atoms with E-state index in [1.807, 2.05) is 47.7 Å². The van der Waals surface area contributed by atoms with Gasteiger partial charge in [-0.25, -0.2) is 15.0 Å². The topological polar surface area (TPSA) is 50.1 Å². The van der Waals surface area contributed by atoms with Crippen molar-refractivity contribution in [1.82, 2.24) is 19.5 Å². The second-order valence-electron chi connectivity index (χ2n) is 24.5. The van der Waals surface area contributed by atoms with Crippen LogP contribution in [0, 0.1) is 0 Å². The van der Waals surface area contributed by atoms with Gasteiger partial charge in [-0.1, -0.05) is 291 Å². The monoisotopic (exact) mass is 1230 g/mol. The maximum Gasteiger partial charge on any atom is 0.252 e. The van der Waals surface area contributed by atoms with Gasteiger partial charge in [0.1, 0.15) is 0 Å². The van der Waals surface area contributed by atoms with E-state index in [4.69, 9.17) is 15.0 Å². The number of aromatic nitrogens is 4. The van der Waals surface area contributed by atoms with Gasteiger partial charge in [-0.2, -0.15) is 0 Å². The lowest BCUT2D eigenvalue weighted by Gasteiger charge is -2.46. The Hall–Kier alpha value is -12.2. The van der Waals surface area contributed by atoms with Crippen LogP contribution in [-0.4, -0.2) is 26.2 Å². The zero-order chi connectivity index (χ0) is 62.5. The molecule has 95 heavy (non-hydrogen) atoms. The van der Waals surface area contributed by atoms with Crippen molar-refractivity contribution in [2.45, 2.75) is 0 Å². The molecule has 0 bridgehead atoms. The van der Waals surface area contributed by atoms with E-state index < -0.39 is 0 Å². The molecule has 0 saturated carbocycles. The zero-order valence-corrected chi connectivity index (χ0v) is 52.2. The van der Waals surface area contributed by atoms with Crippen LogP contribution >= 0.6 is 11.3 Å². The van der Waals surface area contributed by atoms with Crippen LogP contribution in [0.15, 0.2) is 334 Å². The molecule has 17 aromatic rings. The average molecular weight is 1230 g/mol. The largest absolute Gasteiger partial charge is 0.310 e. The predicted octanol–water partition coefficient (Wildman–Crippen LogP) is 21.1. The number of benzene rings is 14. The minimum atomic E-state index is -0.278. The number of hydrogen-bond acceptors (Lipinski definition) is 6. The van der Waals surface area contributed by atoms with Gasteiger partial charge in [0.15, 0.2) is 17.5 Å². The van der Waals surface area contributed by atoms with Crippen molar-refractivity contribution < 1.29 is 0 Å². The second kappa shape index (κ2) is 22.3. The van der Waals surface area contributed by atoms with Crippen molar-refractivity contribution >= 4 is 111 Å². The molecule has 2 aliphatic heterocycles. The van der Waals surface area contributed by atoms with Gasteiger partial charge in [0.2, 0.25) is 0 Å². The summed E-state index contributed by atoms with van der Waals surface area (Å²) in [5, 5.41) is 4.82. The van der Waals surface area contributed by atoms with Crippen molar-refractivity contribution in [2.24, 2.45) is 0 Å².